The Hall–Kier alpha value is -1.27. The number of hydrogen-bond donors (Lipinski definition) is 1. The zero-order chi connectivity index (χ0) is 14.0. The minimum atomic E-state index is -4.47. The Morgan fingerprint density at radius 2 is 1.79 bits per heavy atom. The lowest BCUT2D eigenvalue weighted by molar-refractivity contribution is -0.174. The van der Waals surface area contributed by atoms with Crippen molar-refractivity contribution >= 4 is 11.8 Å². The van der Waals surface area contributed by atoms with Gasteiger partial charge >= 0.3 is 6.18 Å². The van der Waals surface area contributed by atoms with Crippen molar-refractivity contribution in [2.45, 2.75) is 44.3 Å². The third-order valence-electron chi connectivity index (χ3n) is 3.78. The van der Waals surface area contributed by atoms with Crippen LogP contribution in [-0.4, -0.2) is 42.0 Å². The first-order chi connectivity index (χ1) is 8.88. The van der Waals surface area contributed by atoms with Gasteiger partial charge in [0, 0.05) is 0 Å². The van der Waals surface area contributed by atoms with Gasteiger partial charge in [-0.3, -0.25) is 9.59 Å². The summed E-state index contributed by atoms with van der Waals surface area (Å²) in [7, 11) is 0. The van der Waals surface area contributed by atoms with Crippen molar-refractivity contribution in [3.63, 3.8) is 0 Å². The third kappa shape index (κ3) is 3.39. The molecule has 0 radical (unpaired) electrons. The van der Waals surface area contributed by atoms with Crippen LogP contribution < -0.4 is 5.32 Å². The Bertz CT molecular complexity index is 364. The Morgan fingerprint density at radius 3 is 2.37 bits per heavy atom. The van der Waals surface area contributed by atoms with Gasteiger partial charge in [0.2, 0.25) is 11.8 Å². The maximum atomic E-state index is 12.6. The van der Waals surface area contributed by atoms with E-state index in [1.165, 1.54) is 0 Å². The number of carbonyl (C=O) groups excluding carboxylic acids is 2. The molecule has 7 heteroatoms. The van der Waals surface area contributed by atoms with E-state index in [1.807, 2.05) is 0 Å². The number of rotatable bonds is 2. The van der Waals surface area contributed by atoms with E-state index in [4.69, 9.17) is 0 Å². The minimum Gasteiger partial charge on any atom is -0.345 e. The minimum absolute atomic E-state index is 0.152. The summed E-state index contributed by atoms with van der Waals surface area (Å²) in [6, 6.07) is -0.955. The standard InChI is InChI=1S/C12H17F3N2O2/c13-12(14,15)7-17-9(18)6-16-11(19)10(17)8-4-2-1-3-5-8/h8,10H,1-7H2,(H,16,19). The molecule has 1 saturated carbocycles. The fourth-order valence-corrected chi connectivity index (χ4v) is 2.96. The number of nitrogens with zero attached hydrogens (tertiary/aromatic N) is 1. The van der Waals surface area contributed by atoms with Crippen molar-refractivity contribution in [1.82, 2.24) is 10.2 Å². The number of hydrogen-bond acceptors (Lipinski definition) is 2. The highest BCUT2D eigenvalue weighted by Crippen LogP contribution is 2.31. The van der Waals surface area contributed by atoms with Crippen LogP contribution in [0.15, 0.2) is 0 Å². The van der Waals surface area contributed by atoms with Crippen molar-refractivity contribution in [1.29, 1.82) is 0 Å². The monoisotopic (exact) mass is 278 g/mol. The first-order valence-corrected chi connectivity index (χ1v) is 6.52. The van der Waals surface area contributed by atoms with Gasteiger partial charge in [0.15, 0.2) is 0 Å². The van der Waals surface area contributed by atoms with Gasteiger partial charge in [-0.25, -0.2) is 0 Å². The summed E-state index contributed by atoms with van der Waals surface area (Å²) in [5, 5.41) is 2.40. The molecule has 0 bridgehead atoms. The van der Waals surface area contributed by atoms with Crippen LogP contribution in [0.5, 0.6) is 0 Å². The molecule has 1 heterocycles. The largest absolute Gasteiger partial charge is 0.406 e. The van der Waals surface area contributed by atoms with Gasteiger partial charge < -0.3 is 10.2 Å². The Morgan fingerprint density at radius 1 is 1.16 bits per heavy atom. The van der Waals surface area contributed by atoms with Crippen LogP contribution in [-0.2, 0) is 9.59 Å². The number of nitrogens with one attached hydrogen (secondary N) is 1. The molecule has 2 aliphatic rings. The molecule has 0 aromatic heterocycles. The average Bonchev–Trinajstić information content (AvgIpc) is 2.33. The van der Waals surface area contributed by atoms with Crippen LogP contribution in [0.2, 0.25) is 0 Å². The highest BCUT2D eigenvalue weighted by atomic mass is 19.4. The summed E-state index contributed by atoms with van der Waals surface area (Å²) in [6.45, 7) is -1.67. The predicted molar refractivity (Wildman–Crippen MR) is 61.1 cm³/mol. The molecule has 0 aromatic rings. The smallest absolute Gasteiger partial charge is 0.345 e. The molecule has 1 N–H and O–H groups in total. The van der Waals surface area contributed by atoms with Gasteiger partial charge in [-0.1, -0.05) is 19.3 Å². The Balaban J connectivity index is 2.17. The molecular weight excluding hydrogens is 261 g/mol. The molecule has 0 aromatic carbocycles. The molecule has 1 atom stereocenters. The summed E-state index contributed by atoms with van der Waals surface area (Å²) in [6.07, 6.45) is -0.206. The normalized spacial score (nSPS) is 26.5. The van der Waals surface area contributed by atoms with E-state index in [9.17, 15) is 22.8 Å². The molecule has 1 aliphatic carbocycles. The molecule has 2 fully saturated rings. The topological polar surface area (TPSA) is 49.4 Å². The summed E-state index contributed by atoms with van der Waals surface area (Å²) >= 11 is 0. The SMILES string of the molecule is O=C1NCC(=O)N(CC(F)(F)F)C1C1CCCCC1. The number of amides is 2. The van der Waals surface area contributed by atoms with Crippen LogP contribution in [0.4, 0.5) is 13.2 Å². The van der Waals surface area contributed by atoms with Gasteiger partial charge in [0.1, 0.15) is 12.6 Å². The average molecular weight is 278 g/mol. The van der Waals surface area contributed by atoms with Gasteiger partial charge in [-0.05, 0) is 18.8 Å². The zero-order valence-electron chi connectivity index (χ0n) is 10.5. The highest BCUT2D eigenvalue weighted by Gasteiger charge is 2.44. The third-order valence-corrected chi connectivity index (χ3v) is 3.78. The fraction of sp³-hybridized carbons (Fsp3) is 0.833. The molecule has 0 spiro atoms. The maximum Gasteiger partial charge on any atom is 0.406 e. The van der Waals surface area contributed by atoms with Crippen LogP contribution in [0.1, 0.15) is 32.1 Å². The van der Waals surface area contributed by atoms with Crippen LogP contribution in [0, 0.1) is 5.92 Å². The summed E-state index contributed by atoms with van der Waals surface area (Å²) in [5.41, 5.74) is 0. The summed E-state index contributed by atoms with van der Waals surface area (Å²) < 4.78 is 37.7. The van der Waals surface area contributed by atoms with Crippen molar-refractivity contribution in [3.8, 4) is 0 Å². The van der Waals surface area contributed by atoms with E-state index >= 15 is 0 Å². The van der Waals surface area contributed by atoms with E-state index in [0.29, 0.717) is 12.8 Å². The molecule has 108 valence electrons. The number of alkyl halides is 3. The number of piperazine rings is 1. The lowest BCUT2D eigenvalue weighted by Crippen LogP contribution is -2.62. The highest BCUT2D eigenvalue weighted by molar-refractivity contribution is 5.95. The van der Waals surface area contributed by atoms with Gasteiger partial charge in [-0.2, -0.15) is 13.2 Å². The first kappa shape index (κ1) is 14.1. The second-order valence-corrected chi connectivity index (χ2v) is 5.20. The van der Waals surface area contributed by atoms with E-state index in [-0.39, 0.29) is 12.5 Å². The summed E-state index contributed by atoms with van der Waals surface area (Å²) in [5.74, 6) is -1.25. The molecule has 1 unspecified atom stereocenters. The zero-order valence-corrected chi connectivity index (χ0v) is 10.5. The molecular formula is C12H17F3N2O2. The van der Waals surface area contributed by atoms with Gasteiger partial charge in [-0.15, -0.1) is 0 Å². The number of carbonyl (C=O) groups is 2. The van der Waals surface area contributed by atoms with E-state index in [0.717, 1.165) is 24.2 Å². The van der Waals surface area contributed by atoms with E-state index in [2.05, 4.69) is 5.32 Å². The van der Waals surface area contributed by atoms with Crippen LogP contribution in [0.3, 0.4) is 0 Å². The van der Waals surface area contributed by atoms with Crippen molar-refractivity contribution < 1.29 is 22.8 Å². The fourth-order valence-electron chi connectivity index (χ4n) is 2.96. The van der Waals surface area contributed by atoms with Gasteiger partial charge in [0.25, 0.3) is 0 Å². The molecule has 1 aliphatic heterocycles. The summed E-state index contributed by atoms with van der Waals surface area (Å²) in [4.78, 5) is 24.3. The second kappa shape index (κ2) is 5.38. The molecule has 4 nitrogen and oxygen atoms in total. The first-order valence-electron chi connectivity index (χ1n) is 6.52. The Labute approximate surface area is 109 Å². The van der Waals surface area contributed by atoms with Crippen molar-refractivity contribution in [2.24, 2.45) is 5.92 Å². The van der Waals surface area contributed by atoms with E-state index < -0.39 is 30.6 Å². The second-order valence-electron chi connectivity index (χ2n) is 5.20. The van der Waals surface area contributed by atoms with E-state index in [1.54, 1.807) is 0 Å². The quantitative estimate of drug-likeness (QED) is 0.831. The Kier molecular flexibility index (Phi) is 4.01. The van der Waals surface area contributed by atoms with Crippen LogP contribution >= 0.6 is 0 Å². The number of halogens is 3. The van der Waals surface area contributed by atoms with Crippen molar-refractivity contribution in [3.05, 3.63) is 0 Å². The molecule has 2 rings (SSSR count). The van der Waals surface area contributed by atoms with Gasteiger partial charge in [0.05, 0.1) is 6.54 Å². The van der Waals surface area contributed by atoms with Crippen LogP contribution in [0.25, 0.3) is 0 Å². The lowest BCUT2D eigenvalue weighted by Gasteiger charge is -2.40. The predicted octanol–water partition coefficient (Wildman–Crippen LogP) is 1.46. The maximum absolute atomic E-state index is 12.6. The molecule has 1 saturated heterocycles. The van der Waals surface area contributed by atoms with Crippen molar-refractivity contribution in [2.75, 3.05) is 13.1 Å². The lowest BCUT2D eigenvalue weighted by atomic mass is 9.82. The molecule has 19 heavy (non-hydrogen) atoms. The molecule has 2 amide bonds.